The normalized spacial score (nSPS) is 12.8. The van der Waals surface area contributed by atoms with E-state index in [0.717, 1.165) is 5.75 Å². The average molecular weight is 179 g/mol. The molecule has 0 aromatic heterocycles. The predicted molar refractivity (Wildman–Crippen MR) is 55.1 cm³/mol. The van der Waals surface area contributed by atoms with Crippen LogP contribution in [0.25, 0.3) is 0 Å². The first-order chi connectivity index (χ1) is 6.40. The lowest BCUT2D eigenvalue weighted by Crippen LogP contribution is -1.86. The summed E-state index contributed by atoms with van der Waals surface area (Å²) in [5.74, 6) is 0.991. The van der Waals surface area contributed by atoms with Crippen molar-refractivity contribution < 1.29 is 4.74 Å². The molecule has 72 valence electrons. The number of hydrogen-bond donors (Lipinski definition) is 1. The van der Waals surface area contributed by atoms with E-state index in [1.807, 2.05) is 6.07 Å². The van der Waals surface area contributed by atoms with E-state index >= 15 is 0 Å². The van der Waals surface area contributed by atoms with Crippen molar-refractivity contribution in [1.29, 1.82) is 0 Å². The molecule has 1 aliphatic rings. The molecule has 0 amide bonds. The SMILES string of the molecule is CN.COc1ccc2c(c1)CCC2. The summed E-state index contributed by atoms with van der Waals surface area (Å²) in [7, 11) is 3.22. The van der Waals surface area contributed by atoms with Gasteiger partial charge in [-0.15, -0.1) is 0 Å². The maximum atomic E-state index is 5.14. The van der Waals surface area contributed by atoms with Gasteiger partial charge >= 0.3 is 0 Å². The van der Waals surface area contributed by atoms with Gasteiger partial charge in [-0.2, -0.15) is 0 Å². The molecule has 0 fully saturated rings. The van der Waals surface area contributed by atoms with Crippen molar-refractivity contribution in [2.45, 2.75) is 19.3 Å². The fraction of sp³-hybridized carbons (Fsp3) is 0.455. The predicted octanol–water partition coefficient (Wildman–Crippen LogP) is 1.76. The van der Waals surface area contributed by atoms with Gasteiger partial charge in [0.2, 0.25) is 0 Å². The molecular formula is C11H17NO. The molecule has 0 saturated carbocycles. The van der Waals surface area contributed by atoms with Crippen LogP contribution in [0.15, 0.2) is 18.2 Å². The Hall–Kier alpha value is -1.02. The lowest BCUT2D eigenvalue weighted by atomic mass is 10.1. The lowest BCUT2D eigenvalue weighted by molar-refractivity contribution is 0.414. The van der Waals surface area contributed by atoms with Crippen LogP contribution < -0.4 is 10.5 Å². The molecule has 0 unspecified atom stereocenters. The minimum atomic E-state index is 0.991. The number of fused-ring (bicyclic) bond motifs is 1. The van der Waals surface area contributed by atoms with Gasteiger partial charge in [-0.1, -0.05) is 6.07 Å². The van der Waals surface area contributed by atoms with Crippen LogP contribution in [-0.4, -0.2) is 14.2 Å². The van der Waals surface area contributed by atoms with Crippen LogP contribution in [0.1, 0.15) is 17.5 Å². The van der Waals surface area contributed by atoms with Crippen LogP contribution in [0.5, 0.6) is 5.75 Å². The Morgan fingerprint density at radius 1 is 1.15 bits per heavy atom. The number of benzene rings is 1. The summed E-state index contributed by atoms with van der Waals surface area (Å²) in [6, 6.07) is 6.38. The fourth-order valence-corrected chi connectivity index (χ4v) is 1.68. The Morgan fingerprint density at radius 3 is 2.54 bits per heavy atom. The van der Waals surface area contributed by atoms with Gasteiger partial charge in [0.05, 0.1) is 7.11 Å². The molecule has 1 aromatic carbocycles. The molecule has 1 aliphatic carbocycles. The smallest absolute Gasteiger partial charge is 0.119 e. The van der Waals surface area contributed by atoms with Gasteiger partial charge in [0.1, 0.15) is 5.75 Å². The first kappa shape index (κ1) is 10.1. The number of rotatable bonds is 1. The molecule has 0 radical (unpaired) electrons. The highest BCUT2D eigenvalue weighted by molar-refractivity contribution is 5.38. The highest BCUT2D eigenvalue weighted by atomic mass is 16.5. The number of ether oxygens (including phenoxy) is 1. The number of aryl methyl sites for hydroxylation is 2. The van der Waals surface area contributed by atoms with E-state index in [9.17, 15) is 0 Å². The van der Waals surface area contributed by atoms with Crippen molar-refractivity contribution in [3.63, 3.8) is 0 Å². The van der Waals surface area contributed by atoms with Gasteiger partial charge in [0.25, 0.3) is 0 Å². The topological polar surface area (TPSA) is 35.2 Å². The molecule has 1 aromatic rings. The molecule has 13 heavy (non-hydrogen) atoms. The van der Waals surface area contributed by atoms with E-state index in [0.29, 0.717) is 0 Å². The molecule has 0 saturated heterocycles. The van der Waals surface area contributed by atoms with Gasteiger partial charge in [0, 0.05) is 0 Å². The van der Waals surface area contributed by atoms with E-state index in [1.54, 1.807) is 7.11 Å². The van der Waals surface area contributed by atoms with E-state index in [1.165, 1.54) is 37.4 Å². The summed E-state index contributed by atoms with van der Waals surface area (Å²) in [5.41, 5.74) is 7.48. The van der Waals surface area contributed by atoms with Crippen molar-refractivity contribution >= 4 is 0 Å². The summed E-state index contributed by atoms with van der Waals surface area (Å²) < 4.78 is 5.14. The molecule has 0 heterocycles. The maximum absolute atomic E-state index is 5.14. The zero-order valence-electron chi connectivity index (χ0n) is 8.34. The third-order valence-electron chi connectivity index (χ3n) is 2.31. The molecule has 0 atom stereocenters. The first-order valence-corrected chi connectivity index (χ1v) is 4.63. The van der Waals surface area contributed by atoms with Crippen molar-refractivity contribution in [2.75, 3.05) is 14.2 Å². The van der Waals surface area contributed by atoms with Gasteiger partial charge in [-0.05, 0) is 49.6 Å². The number of methoxy groups -OCH3 is 1. The van der Waals surface area contributed by atoms with Crippen molar-refractivity contribution in [1.82, 2.24) is 0 Å². The highest BCUT2D eigenvalue weighted by Crippen LogP contribution is 2.25. The Kier molecular flexibility index (Phi) is 3.77. The molecular weight excluding hydrogens is 162 g/mol. The zero-order valence-corrected chi connectivity index (χ0v) is 8.34. The molecule has 2 rings (SSSR count). The molecule has 2 heteroatoms. The van der Waals surface area contributed by atoms with E-state index in [4.69, 9.17) is 4.74 Å². The second kappa shape index (κ2) is 4.87. The highest BCUT2D eigenvalue weighted by Gasteiger charge is 2.10. The van der Waals surface area contributed by atoms with Crippen LogP contribution in [0.2, 0.25) is 0 Å². The fourth-order valence-electron chi connectivity index (χ4n) is 1.68. The maximum Gasteiger partial charge on any atom is 0.119 e. The first-order valence-electron chi connectivity index (χ1n) is 4.63. The van der Waals surface area contributed by atoms with Crippen molar-refractivity contribution in [2.24, 2.45) is 5.73 Å². The largest absolute Gasteiger partial charge is 0.497 e. The van der Waals surface area contributed by atoms with Crippen LogP contribution in [-0.2, 0) is 12.8 Å². The van der Waals surface area contributed by atoms with Crippen molar-refractivity contribution in [3.05, 3.63) is 29.3 Å². The van der Waals surface area contributed by atoms with Crippen LogP contribution >= 0.6 is 0 Å². The van der Waals surface area contributed by atoms with E-state index < -0.39 is 0 Å². The number of nitrogens with two attached hydrogens (primary N) is 1. The van der Waals surface area contributed by atoms with Gasteiger partial charge in [-0.25, -0.2) is 0 Å². The Morgan fingerprint density at radius 2 is 1.85 bits per heavy atom. The monoisotopic (exact) mass is 179 g/mol. The minimum absolute atomic E-state index is 0.991. The third-order valence-corrected chi connectivity index (χ3v) is 2.31. The molecule has 0 bridgehead atoms. The quantitative estimate of drug-likeness (QED) is 0.713. The van der Waals surface area contributed by atoms with Gasteiger partial charge in [0.15, 0.2) is 0 Å². The Bertz CT molecular complexity index is 271. The standard InChI is InChI=1S/C10H12O.CH5N/c1-11-10-6-5-8-3-2-4-9(8)7-10;1-2/h5-7H,2-4H2,1H3;2H2,1H3. The molecule has 0 spiro atoms. The minimum Gasteiger partial charge on any atom is -0.497 e. The molecule has 2 nitrogen and oxygen atoms in total. The molecule has 2 N–H and O–H groups in total. The lowest BCUT2D eigenvalue weighted by Gasteiger charge is -2.02. The third kappa shape index (κ3) is 2.22. The molecule has 0 aliphatic heterocycles. The van der Waals surface area contributed by atoms with Gasteiger partial charge in [-0.3, -0.25) is 0 Å². The summed E-state index contributed by atoms with van der Waals surface area (Å²) in [6.07, 6.45) is 3.79. The Balaban J connectivity index is 0.000000396. The zero-order chi connectivity index (χ0) is 9.68. The summed E-state index contributed by atoms with van der Waals surface area (Å²) in [4.78, 5) is 0. The average Bonchev–Trinajstić information content (AvgIpc) is 2.67. The van der Waals surface area contributed by atoms with Crippen LogP contribution in [0.4, 0.5) is 0 Å². The van der Waals surface area contributed by atoms with Crippen molar-refractivity contribution in [3.8, 4) is 5.75 Å². The summed E-state index contributed by atoms with van der Waals surface area (Å²) in [5, 5.41) is 0. The second-order valence-corrected chi connectivity index (χ2v) is 2.99. The number of hydrogen-bond acceptors (Lipinski definition) is 2. The Labute approximate surface area is 79.7 Å². The second-order valence-electron chi connectivity index (χ2n) is 2.99. The van der Waals surface area contributed by atoms with Crippen LogP contribution in [0, 0.1) is 0 Å². The van der Waals surface area contributed by atoms with Crippen LogP contribution in [0.3, 0.4) is 0 Å². The summed E-state index contributed by atoms with van der Waals surface area (Å²) in [6.45, 7) is 0. The van der Waals surface area contributed by atoms with E-state index in [-0.39, 0.29) is 0 Å². The summed E-state index contributed by atoms with van der Waals surface area (Å²) >= 11 is 0. The van der Waals surface area contributed by atoms with E-state index in [2.05, 4.69) is 17.9 Å². The van der Waals surface area contributed by atoms with Gasteiger partial charge < -0.3 is 10.5 Å².